The predicted molar refractivity (Wildman–Crippen MR) is 104 cm³/mol. The van der Waals surface area contributed by atoms with Gasteiger partial charge in [-0.2, -0.15) is 0 Å². The molecule has 0 radical (unpaired) electrons. The molecule has 1 aliphatic rings. The van der Waals surface area contributed by atoms with Gasteiger partial charge < -0.3 is 14.2 Å². The highest BCUT2D eigenvalue weighted by Crippen LogP contribution is 2.29. The van der Waals surface area contributed by atoms with E-state index in [9.17, 15) is 14.4 Å². The molecule has 1 amide bonds. The third kappa shape index (κ3) is 3.94. The van der Waals surface area contributed by atoms with Crippen molar-refractivity contribution in [3.8, 4) is 0 Å². The molecule has 1 heterocycles. The third-order valence-corrected chi connectivity index (χ3v) is 5.82. The van der Waals surface area contributed by atoms with Crippen LogP contribution in [0.25, 0.3) is 0 Å². The molecule has 6 nitrogen and oxygen atoms in total. The summed E-state index contributed by atoms with van der Waals surface area (Å²) in [5.74, 6) is -0.438. The topological polar surface area (TPSA) is 68.6 Å². The zero-order valence-corrected chi connectivity index (χ0v) is 17.4. The molecule has 1 unspecified atom stereocenters. The second-order valence-electron chi connectivity index (χ2n) is 7.36. The van der Waals surface area contributed by atoms with Crippen molar-refractivity contribution in [2.24, 2.45) is 13.0 Å². The molecule has 1 atom stereocenters. The molecule has 0 aliphatic heterocycles. The first kappa shape index (κ1) is 21.2. The fourth-order valence-corrected chi connectivity index (χ4v) is 4.21. The number of likely N-dealkylation sites (N-methyl/N-ethyl adjacent to an activating group) is 1. The summed E-state index contributed by atoms with van der Waals surface area (Å²) in [4.78, 5) is 40.2. The lowest BCUT2D eigenvalue weighted by Gasteiger charge is -2.29. The maximum Gasteiger partial charge on any atom is 0.355 e. The molecule has 150 valence electrons. The quantitative estimate of drug-likeness (QED) is 0.540. The number of carbonyl (C=O) groups is 3. The summed E-state index contributed by atoms with van der Waals surface area (Å²) >= 11 is 0. The van der Waals surface area contributed by atoms with E-state index in [1.807, 2.05) is 13.8 Å². The average Bonchev–Trinajstić information content (AvgIpc) is 3.23. The van der Waals surface area contributed by atoms with E-state index in [0.29, 0.717) is 23.4 Å². The molecule has 1 aromatic rings. The number of esters is 1. The summed E-state index contributed by atoms with van der Waals surface area (Å²) in [6, 6.07) is -0.557. The molecule has 1 aliphatic carbocycles. The zero-order chi connectivity index (χ0) is 20.3. The summed E-state index contributed by atoms with van der Waals surface area (Å²) in [6.45, 7) is 9.82. The summed E-state index contributed by atoms with van der Waals surface area (Å²) in [7, 11) is 1.76. The first-order valence-corrected chi connectivity index (χ1v) is 9.93. The highest BCUT2D eigenvalue weighted by atomic mass is 16.5. The highest BCUT2D eigenvalue weighted by molar-refractivity contribution is 6.06. The van der Waals surface area contributed by atoms with Gasteiger partial charge in [0.25, 0.3) is 0 Å². The average molecular weight is 376 g/mol. The summed E-state index contributed by atoms with van der Waals surface area (Å²) < 4.78 is 6.85. The second-order valence-corrected chi connectivity index (χ2v) is 7.36. The van der Waals surface area contributed by atoms with E-state index in [0.717, 1.165) is 31.4 Å². The van der Waals surface area contributed by atoms with Crippen molar-refractivity contribution in [1.82, 2.24) is 9.47 Å². The Morgan fingerprint density at radius 2 is 1.78 bits per heavy atom. The largest absolute Gasteiger partial charge is 0.461 e. The van der Waals surface area contributed by atoms with Crippen molar-refractivity contribution >= 4 is 17.7 Å². The Hall–Kier alpha value is -2.11. The smallest absolute Gasteiger partial charge is 0.355 e. The van der Waals surface area contributed by atoms with Crippen molar-refractivity contribution in [3.63, 3.8) is 0 Å². The number of nitrogens with zero attached hydrogens (tertiary/aromatic N) is 2. The van der Waals surface area contributed by atoms with Crippen molar-refractivity contribution in [2.45, 2.75) is 66.3 Å². The van der Waals surface area contributed by atoms with Crippen LogP contribution in [-0.2, 0) is 16.6 Å². The van der Waals surface area contributed by atoms with Gasteiger partial charge in [-0.05, 0) is 53.0 Å². The van der Waals surface area contributed by atoms with Crippen LogP contribution in [0.5, 0.6) is 0 Å². The number of ether oxygens (including phenoxy) is 1. The maximum absolute atomic E-state index is 13.3. The lowest BCUT2D eigenvalue weighted by Crippen LogP contribution is -2.45. The number of rotatable bonds is 7. The van der Waals surface area contributed by atoms with Crippen LogP contribution in [0.4, 0.5) is 0 Å². The van der Waals surface area contributed by atoms with Crippen LogP contribution >= 0.6 is 0 Å². The van der Waals surface area contributed by atoms with E-state index in [2.05, 4.69) is 0 Å². The van der Waals surface area contributed by atoms with Crippen LogP contribution in [0.15, 0.2) is 0 Å². The molecule has 1 aromatic heterocycles. The molecule has 0 bridgehead atoms. The molecule has 2 rings (SSSR count). The van der Waals surface area contributed by atoms with E-state index in [1.54, 1.807) is 37.3 Å². The molecule has 1 saturated carbocycles. The molecular weight excluding hydrogens is 344 g/mol. The minimum Gasteiger partial charge on any atom is -0.461 e. The molecule has 0 aromatic carbocycles. The Bertz CT molecular complexity index is 729. The Morgan fingerprint density at radius 3 is 2.30 bits per heavy atom. The Labute approximate surface area is 161 Å². The molecular formula is C21H32N2O4. The fourth-order valence-electron chi connectivity index (χ4n) is 4.21. The number of amides is 1. The Kier molecular flexibility index (Phi) is 6.84. The van der Waals surface area contributed by atoms with Crippen molar-refractivity contribution in [2.75, 3.05) is 13.2 Å². The summed E-state index contributed by atoms with van der Waals surface area (Å²) in [5, 5.41) is 0. The van der Waals surface area contributed by atoms with E-state index in [4.69, 9.17) is 4.74 Å². The van der Waals surface area contributed by atoms with Gasteiger partial charge in [0.05, 0.1) is 12.6 Å². The molecule has 0 spiro atoms. The van der Waals surface area contributed by atoms with Crippen molar-refractivity contribution < 1.29 is 19.1 Å². The van der Waals surface area contributed by atoms with E-state index >= 15 is 0 Å². The van der Waals surface area contributed by atoms with Gasteiger partial charge in [-0.1, -0.05) is 12.8 Å². The monoisotopic (exact) mass is 376 g/mol. The fraction of sp³-hybridized carbons (Fsp3) is 0.667. The minimum absolute atomic E-state index is 0.0354. The van der Waals surface area contributed by atoms with Crippen LogP contribution in [0.3, 0.4) is 0 Å². The van der Waals surface area contributed by atoms with Crippen molar-refractivity contribution in [1.29, 1.82) is 0 Å². The van der Waals surface area contributed by atoms with Gasteiger partial charge in [-0.15, -0.1) is 0 Å². The van der Waals surface area contributed by atoms with Crippen LogP contribution in [0, 0.1) is 19.8 Å². The Morgan fingerprint density at radius 1 is 1.19 bits per heavy atom. The van der Waals surface area contributed by atoms with Crippen LogP contribution < -0.4 is 0 Å². The number of aromatic nitrogens is 1. The lowest BCUT2D eigenvalue weighted by atomic mass is 9.98. The van der Waals surface area contributed by atoms with Crippen molar-refractivity contribution in [3.05, 3.63) is 22.5 Å². The van der Waals surface area contributed by atoms with Gasteiger partial charge in [0, 0.05) is 30.8 Å². The highest BCUT2D eigenvalue weighted by Gasteiger charge is 2.34. The van der Waals surface area contributed by atoms with Crippen LogP contribution in [-0.4, -0.2) is 46.3 Å². The van der Waals surface area contributed by atoms with E-state index < -0.39 is 12.0 Å². The van der Waals surface area contributed by atoms with Crippen LogP contribution in [0.2, 0.25) is 0 Å². The van der Waals surface area contributed by atoms with Gasteiger partial charge in [-0.3, -0.25) is 9.59 Å². The third-order valence-electron chi connectivity index (χ3n) is 5.82. The van der Waals surface area contributed by atoms with Gasteiger partial charge in [-0.25, -0.2) is 4.79 Å². The summed E-state index contributed by atoms with van der Waals surface area (Å²) in [5.41, 5.74) is 2.26. The number of Topliss-reactive ketones (excluding diaryl/α,β-unsaturated/α-hetero) is 1. The van der Waals surface area contributed by atoms with Gasteiger partial charge in [0.1, 0.15) is 5.69 Å². The van der Waals surface area contributed by atoms with Crippen LogP contribution in [0.1, 0.15) is 78.6 Å². The standard InChI is InChI=1S/C21H32N2O4/c1-7-23(20(25)16-11-9-10-12-16)15(5)19(24)17-13(3)18(21(26)27-8-2)22(6)14(17)4/h15-16H,7-12H2,1-6H3. The predicted octanol–water partition coefficient (Wildman–Crippen LogP) is 3.43. The van der Waals surface area contributed by atoms with Gasteiger partial charge in [0.2, 0.25) is 5.91 Å². The molecule has 27 heavy (non-hydrogen) atoms. The molecule has 6 heteroatoms. The Balaban J connectivity index is 2.34. The van der Waals surface area contributed by atoms with Gasteiger partial charge in [0.15, 0.2) is 5.78 Å². The number of carbonyl (C=O) groups excluding carboxylic acids is 3. The first-order chi connectivity index (χ1) is 12.8. The first-order valence-electron chi connectivity index (χ1n) is 9.93. The number of ketones is 1. The molecule has 0 saturated heterocycles. The van der Waals surface area contributed by atoms with E-state index in [-0.39, 0.29) is 24.2 Å². The van der Waals surface area contributed by atoms with Gasteiger partial charge >= 0.3 is 5.97 Å². The lowest BCUT2D eigenvalue weighted by molar-refractivity contribution is -0.136. The van der Waals surface area contributed by atoms with E-state index in [1.165, 1.54) is 0 Å². The number of hydrogen-bond acceptors (Lipinski definition) is 4. The maximum atomic E-state index is 13.3. The second kappa shape index (κ2) is 8.72. The zero-order valence-electron chi connectivity index (χ0n) is 17.4. The number of hydrogen-bond donors (Lipinski definition) is 0. The molecule has 1 fully saturated rings. The SMILES string of the molecule is CCOC(=O)c1c(C)c(C(=O)C(C)N(CC)C(=O)C2CCCC2)c(C)n1C. The normalized spacial score (nSPS) is 15.6. The summed E-state index contributed by atoms with van der Waals surface area (Å²) in [6.07, 6.45) is 3.98. The molecule has 0 N–H and O–H groups in total. The minimum atomic E-state index is -0.557.